The Balaban J connectivity index is 1.84. The van der Waals surface area contributed by atoms with Crippen LogP contribution in [0.2, 0.25) is 0 Å². The van der Waals surface area contributed by atoms with E-state index in [2.05, 4.69) is 18.0 Å². The number of hydrogen-bond donors (Lipinski definition) is 0. The van der Waals surface area contributed by atoms with Crippen LogP contribution < -0.4 is 0 Å². The zero-order valence-corrected chi connectivity index (χ0v) is 12.7. The summed E-state index contributed by atoms with van der Waals surface area (Å²) in [7, 11) is 2.08. The molecule has 4 heteroatoms. The van der Waals surface area contributed by atoms with Crippen LogP contribution in [0, 0.1) is 11.3 Å². The highest BCUT2D eigenvalue weighted by atomic mass is 16.2. The van der Waals surface area contributed by atoms with Crippen molar-refractivity contribution >= 4 is 16.7 Å². The van der Waals surface area contributed by atoms with Crippen LogP contribution in [0.5, 0.6) is 0 Å². The molecule has 2 aromatic rings. The minimum atomic E-state index is 0.108. The maximum absolute atomic E-state index is 12.6. The second-order valence-electron chi connectivity index (χ2n) is 5.83. The number of nitriles is 1. The molecule has 1 heterocycles. The summed E-state index contributed by atoms with van der Waals surface area (Å²) in [5.41, 5.74) is 1.75. The van der Waals surface area contributed by atoms with Crippen LogP contribution in [0.4, 0.5) is 0 Å². The Labute approximate surface area is 130 Å². The Morgan fingerprint density at radius 2 is 1.77 bits per heavy atom. The molecule has 0 N–H and O–H groups in total. The largest absolute Gasteiger partial charge is 0.336 e. The summed E-state index contributed by atoms with van der Waals surface area (Å²) in [5.74, 6) is 0.108. The van der Waals surface area contributed by atoms with Gasteiger partial charge in [0.2, 0.25) is 0 Å². The van der Waals surface area contributed by atoms with Crippen molar-refractivity contribution in [2.24, 2.45) is 0 Å². The first-order valence-corrected chi connectivity index (χ1v) is 7.55. The number of amides is 1. The Kier molecular flexibility index (Phi) is 4.08. The molecule has 1 aliphatic heterocycles. The van der Waals surface area contributed by atoms with E-state index in [9.17, 15) is 4.79 Å². The van der Waals surface area contributed by atoms with E-state index in [1.807, 2.05) is 41.3 Å². The van der Waals surface area contributed by atoms with Crippen LogP contribution in [0.15, 0.2) is 36.4 Å². The molecule has 1 saturated heterocycles. The summed E-state index contributed by atoms with van der Waals surface area (Å²) < 4.78 is 0. The third-order valence-corrected chi connectivity index (χ3v) is 4.23. The number of carbonyl (C=O) groups is 1. The number of rotatable bonds is 2. The molecule has 0 bridgehead atoms. The van der Waals surface area contributed by atoms with E-state index in [0.29, 0.717) is 6.42 Å². The highest BCUT2D eigenvalue weighted by molar-refractivity contribution is 5.98. The van der Waals surface area contributed by atoms with Gasteiger partial charge in [-0.25, -0.2) is 0 Å². The molecule has 0 atom stereocenters. The Morgan fingerprint density at radius 3 is 2.50 bits per heavy atom. The predicted octanol–water partition coefficient (Wildman–Crippen LogP) is 2.29. The van der Waals surface area contributed by atoms with Gasteiger partial charge < -0.3 is 9.80 Å². The van der Waals surface area contributed by atoms with Crippen molar-refractivity contribution in [3.8, 4) is 6.07 Å². The highest BCUT2D eigenvalue weighted by Crippen LogP contribution is 2.19. The number of likely N-dealkylation sites (N-methyl/N-ethyl adjacent to an activating group) is 1. The fourth-order valence-electron chi connectivity index (χ4n) is 2.82. The van der Waals surface area contributed by atoms with Crippen LogP contribution >= 0.6 is 0 Å². The number of fused-ring (bicyclic) bond motifs is 1. The van der Waals surface area contributed by atoms with Gasteiger partial charge in [-0.1, -0.05) is 24.3 Å². The van der Waals surface area contributed by atoms with Crippen LogP contribution in [0.25, 0.3) is 10.8 Å². The lowest BCUT2D eigenvalue weighted by Gasteiger charge is -2.32. The average Bonchev–Trinajstić information content (AvgIpc) is 2.55. The Bertz CT molecular complexity index is 740. The fraction of sp³-hybridized carbons (Fsp3) is 0.333. The van der Waals surface area contributed by atoms with E-state index in [1.54, 1.807) is 0 Å². The molecule has 1 fully saturated rings. The highest BCUT2D eigenvalue weighted by Gasteiger charge is 2.20. The van der Waals surface area contributed by atoms with Gasteiger partial charge >= 0.3 is 0 Å². The van der Waals surface area contributed by atoms with E-state index in [0.717, 1.165) is 48.1 Å². The first-order valence-electron chi connectivity index (χ1n) is 7.55. The molecule has 22 heavy (non-hydrogen) atoms. The number of nitrogens with zero attached hydrogens (tertiary/aromatic N) is 3. The molecule has 112 valence electrons. The lowest BCUT2D eigenvalue weighted by atomic mass is 10.0. The molecule has 3 rings (SSSR count). The smallest absolute Gasteiger partial charge is 0.253 e. The summed E-state index contributed by atoms with van der Waals surface area (Å²) in [5, 5.41) is 10.9. The van der Waals surface area contributed by atoms with Gasteiger partial charge in [-0.3, -0.25) is 4.79 Å². The molecule has 4 nitrogen and oxygen atoms in total. The zero-order valence-electron chi connectivity index (χ0n) is 12.7. The van der Waals surface area contributed by atoms with Crippen LogP contribution in [-0.2, 0) is 6.42 Å². The van der Waals surface area contributed by atoms with E-state index < -0.39 is 0 Å². The van der Waals surface area contributed by atoms with Crippen LogP contribution in [0.3, 0.4) is 0 Å². The lowest BCUT2D eigenvalue weighted by Crippen LogP contribution is -2.47. The number of piperazine rings is 1. The fourth-order valence-corrected chi connectivity index (χ4v) is 2.82. The van der Waals surface area contributed by atoms with Gasteiger partial charge in [-0.05, 0) is 35.5 Å². The normalized spacial score (nSPS) is 15.7. The third kappa shape index (κ3) is 2.95. The topological polar surface area (TPSA) is 47.3 Å². The Hall–Kier alpha value is -2.38. The first kappa shape index (κ1) is 14.6. The minimum absolute atomic E-state index is 0.108. The molecule has 0 aliphatic carbocycles. The Morgan fingerprint density at radius 1 is 1.09 bits per heavy atom. The van der Waals surface area contributed by atoms with Crippen LogP contribution in [0.1, 0.15) is 15.9 Å². The number of hydrogen-bond acceptors (Lipinski definition) is 3. The van der Waals surface area contributed by atoms with Crippen molar-refractivity contribution < 1.29 is 4.79 Å². The average molecular weight is 293 g/mol. The first-order chi connectivity index (χ1) is 10.7. The zero-order chi connectivity index (χ0) is 15.5. The summed E-state index contributed by atoms with van der Waals surface area (Å²) in [6, 6.07) is 13.9. The second-order valence-corrected chi connectivity index (χ2v) is 5.83. The number of benzene rings is 2. The van der Waals surface area contributed by atoms with Crippen molar-refractivity contribution in [2.75, 3.05) is 33.2 Å². The standard InChI is InChI=1S/C18H19N3O/c1-20-8-10-21(11-9-20)18(22)17-5-4-15-12-14(6-7-19)2-3-16(15)13-17/h2-5,12-13H,6,8-11H2,1H3. The quantitative estimate of drug-likeness (QED) is 0.853. The van der Waals surface area contributed by atoms with Gasteiger partial charge in [0.1, 0.15) is 0 Å². The summed E-state index contributed by atoms with van der Waals surface area (Å²) in [4.78, 5) is 16.7. The van der Waals surface area contributed by atoms with Gasteiger partial charge in [0.15, 0.2) is 0 Å². The lowest BCUT2D eigenvalue weighted by molar-refractivity contribution is 0.0664. The van der Waals surface area contributed by atoms with E-state index in [-0.39, 0.29) is 5.91 Å². The second kappa shape index (κ2) is 6.17. The monoisotopic (exact) mass is 293 g/mol. The third-order valence-electron chi connectivity index (χ3n) is 4.23. The maximum atomic E-state index is 12.6. The molecular formula is C18H19N3O. The van der Waals surface area contributed by atoms with Crippen molar-refractivity contribution in [3.05, 3.63) is 47.5 Å². The molecule has 1 aliphatic rings. The van der Waals surface area contributed by atoms with Gasteiger partial charge in [-0.2, -0.15) is 5.26 Å². The van der Waals surface area contributed by atoms with Crippen molar-refractivity contribution in [1.82, 2.24) is 9.80 Å². The molecule has 2 aromatic carbocycles. The molecule has 0 aromatic heterocycles. The van der Waals surface area contributed by atoms with Crippen molar-refractivity contribution in [1.29, 1.82) is 5.26 Å². The van der Waals surface area contributed by atoms with Crippen molar-refractivity contribution in [2.45, 2.75) is 6.42 Å². The number of carbonyl (C=O) groups excluding carboxylic acids is 1. The van der Waals surface area contributed by atoms with Gasteiger partial charge in [0.25, 0.3) is 5.91 Å². The molecule has 1 amide bonds. The van der Waals surface area contributed by atoms with Crippen molar-refractivity contribution in [3.63, 3.8) is 0 Å². The molecular weight excluding hydrogens is 274 g/mol. The SMILES string of the molecule is CN1CCN(C(=O)c2ccc3cc(CC#N)ccc3c2)CC1. The van der Waals surface area contributed by atoms with E-state index in [4.69, 9.17) is 5.26 Å². The molecule has 0 saturated carbocycles. The molecule has 0 spiro atoms. The van der Waals surface area contributed by atoms with E-state index in [1.165, 1.54) is 0 Å². The molecule has 0 radical (unpaired) electrons. The van der Waals surface area contributed by atoms with E-state index >= 15 is 0 Å². The summed E-state index contributed by atoms with van der Waals surface area (Å²) in [6.45, 7) is 3.43. The molecule has 0 unspecified atom stereocenters. The maximum Gasteiger partial charge on any atom is 0.253 e. The predicted molar refractivity (Wildman–Crippen MR) is 86.7 cm³/mol. The summed E-state index contributed by atoms with van der Waals surface area (Å²) in [6.07, 6.45) is 0.415. The van der Waals surface area contributed by atoms with Gasteiger partial charge in [-0.15, -0.1) is 0 Å². The van der Waals surface area contributed by atoms with Gasteiger partial charge in [0.05, 0.1) is 12.5 Å². The van der Waals surface area contributed by atoms with Crippen LogP contribution in [-0.4, -0.2) is 48.9 Å². The van der Waals surface area contributed by atoms with Gasteiger partial charge in [0, 0.05) is 31.7 Å². The minimum Gasteiger partial charge on any atom is -0.336 e. The summed E-state index contributed by atoms with van der Waals surface area (Å²) >= 11 is 0.